The first-order valence-corrected chi connectivity index (χ1v) is 19.6. The van der Waals surface area contributed by atoms with Crippen LogP contribution in [-0.2, 0) is 31.9 Å². The molecule has 12 nitrogen and oxygen atoms in total. The Hall–Kier alpha value is -4.48. The van der Waals surface area contributed by atoms with Gasteiger partial charge in [0.05, 0.1) is 0 Å². The fourth-order valence-corrected chi connectivity index (χ4v) is 5.70. The molecule has 0 aliphatic carbocycles. The van der Waals surface area contributed by atoms with E-state index >= 15 is 0 Å². The highest BCUT2D eigenvalue weighted by Crippen LogP contribution is 2.19. The van der Waals surface area contributed by atoms with Gasteiger partial charge in [-0.15, -0.1) is 0 Å². The number of unbranched alkanes of at least 4 members (excludes halogenated alkanes) is 3. The maximum Gasteiger partial charge on any atom is 0.410 e. The van der Waals surface area contributed by atoms with E-state index in [0.29, 0.717) is 90.6 Å². The van der Waals surface area contributed by atoms with E-state index in [1.807, 2.05) is 65.8 Å². The molecular formula is C42H66N4O8. The second kappa shape index (κ2) is 24.0. The van der Waals surface area contributed by atoms with Crippen molar-refractivity contribution >= 4 is 24.0 Å². The van der Waals surface area contributed by atoms with Crippen LogP contribution in [0.4, 0.5) is 9.59 Å². The summed E-state index contributed by atoms with van der Waals surface area (Å²) in [5, 5.41) is 25.7. The topological polar surface area (TPSA) is 158 Å². The number of rotatable bonds is 23. The monoisotopic (exact) mass is 754 g/mol. The van der Waals surface area contributed by atoms with E-state index in [0.717, 1.165) is 36.8 Å². The Morgan fingerprint density at radius 1 is 0.537 bits per heavy atom. The number of aromatic hydroxyl groups is 2. The number of hydrogen-bond acceptors (Lipinski definition) is 8. The fourth-order valence-electron chi connectivity index (χ4n) is 5.70. The second-order valence-electron chi connectivity index (χ2n) is 15.7. The molecule has 0 unspecified atom stereocenters. The zero-order valence-corrected chi connectivity index (χ0v) is 33.6. The van der Waals surface area contributed by atoms with Crippen molar-refractivity contribution in [2.24, 2.45) is 0 Å². The average Bonchev–Trinajstić information content (AvgIpc) is 3.08. The number of aryl methyl sites for hydroxylation is 2. The molecule has 4 amide bonds. The van der Waals surface area contributed by atoms with Gasteiger partial charge in [0.25, 0.3) is 0 Å². The van der Waals surface area contributed by atoms with Crippen molar-refractivity contribution in [3.63, 3.8) is 0 Å². The number of nitrogens with one attached hydrogen (secondary N) is 2. The van der Waals surface area contributed by atoms with Crippen LogP contribution in [0.25, 0.3) is 0 Å². The Bertz CT molecular complexity index is 1330. The predicted octanol–water partition coefficient (Wildman–Crippen LogP) is 7.49. The van der Waals surface area contributed by atoms with Crippen molar-refractivity contribution in [3.8, 4) is 11.5 Å². The molecule has 0 spiro atoms. The molecule has 0 heterocycles. The lowest BCUT2D eigenvalue weighted by molar-refractivity contribution is -0.122. The third-order valence-electron chi connectivity index (χ3n) is 8.45. The number of phenolic OH excluding ortho intramolecular Hbond substituents is 2. The summed E-state index contributed by atoms with van der Waals surface area (Å²) in [5.74, 6) is 0.368. The van der Waals surface area contributed by atoms with Gasteiger partial charge in [-0.1, -0.05) is 49.2 Å². The van der Waals surface area contributed by atoms with Gasteiger partial charge in [-0.25, -0.2) is 9.59 Å². The predicted molar refractivity (Wildman–Crippen MR) is 211 cm³/mol. The molecule has 12 heteroatoms. The molecule has 2 rings (SSSR count). The van der Waals surface area contributed by atoms with Gasteiger partial charge in [0, 0.05) is 52.1 Å². The number of carbonyl (C=O) groups is 4. The van der Waals surface area contributed by atoms with Crippen LogP contribution in [0.15, 0.2) is 48.5 Å². The molecule has 302 valence electrons. The second-order valence-corrected chi connectivity index (χ2v) is 15.7. The molecule has 0 aliphatic rings. The number of phenols is 2. The molecule has 0 aliphatic heterocycles. The maximum absolute atomic E-state index is 13.0. The number of hydrogen-bond donors (Lipinski definition) is 4. The van der Waals surface area contributed by atoms with Crippen LogP contribution in [0.5, 0.6) is 11.5 Å². The fraction of sp³-hybridized carbons (Fsp3) is 0.619. The van der Waals surface area contributed by atoms with Crippen LogP contribution in [0.3, 0.4) is 0 Å². The van der Waals surface area contributed by atoms with Crippen molar-refractivity contribution in [3.05, 3.63) is 59.7 Å². The van der Waals surface area contributed by atoms with Crippen molar-refractivity contribution in [1.29, 1.82) is 0 Å². The molecule has 2 aromatic carbocycles. The first-order valence-electron chi connectivity index (χ1n) is 19.6. The first kappa shape index (κ1) is 45.7. The smallest absolute Gasteiger partial charge is 0.410 e. The zero-order chi connectivity index (χ0) is 40.0. The Labute approximate surface area is 323 Å². The van der Waals surface area contributed by atoms with Gasteiger partial charge in [-0.05, 0) is 116 Å². The maximum atomic E-state index is 13.0. The van der Waals surface area contributed by atoms with Crippen LogP contribution in [0, 0.1) is 0 Å². The van der Waals surface area contributed by atoms with Crippen LogP contribution in [0.1, 0.15) is 117 Å². The Kier molecular flexibility index (Phi) is 20.3. The molecule has 2 aromatic rings. The molecular weight excluding hydrogens is 688 g/mol. The first-order chi connectivity index (χ1) is 25.5. The standard InChI is InChI=1S/C42H66N4O8/c1-41(2,3)53-39(51)45(31-17-27-43-37(49)25-15-21-33-19-9-11-23-35(33)47)29-13-7-8-14-30-46(40(52)54-42(4,5)6)32-18-28-44-38(50)26-16-22-34-20-10-12-24-36(34)48/h9-12,19-20,23-24,47-48H,7-8,13-18,21-22,25-32H2,1-6H3,(H,43,49)(H,44,50). The normalized spacial score (nSPS) is 11.4. The lowest BCUT2D eigenvalue weighted by Crippen LogP contribution is -2.39. The van der Waals surface area contributed by atoms with Gasteiger partial charge in [0.15, 0.2) is 0 Å². The quantitative estimate of drug-likeness (QED) is 0.0851. The summed E-state index contributed by atoms with van der Waals surface area (Å²) in [4.78, 5) is 54.1. The zero-order valence-electron chi connectivity index (χ0n) is 33.6. The number of amides is 4. The summed E-state index contributed by atoms with van der Waals surface area (Å²) >= 11 is 0. The third kappa shape index (κ3) is 20.7. The minimum atomic E-state index is -0.627. The summed E-state index contributed by atoms with van der Waals surface area (Å²) in [7, 11) is 0. The number of nitrogens with zero attached hydrogens (tertiary/aromatic N) is 2. The Morgan fingerprint density at radius 2 is 0.889 bits per heavy atom. The van der Waals surface area contributed by atoms with Gasteiger partial charge < -0.3 is 40.1 Å². The largest absolute Gasteiger partial charge is 0.508 e. The minimum absolute atomic E-state index is 0.0588. The average molecular weight is 755 g/mol. The van der Waals surface area contributed by atoms with Crippen LogP contribution < -0.4 is 10.6 Å². The lowest BCUT2D eigenvalue weighted by atomic mass is 10.1. The molecule has 0 aromatic heterocycles. The molecule has 0 radical (unpaired) electrons. The SMILES string of the molecule is CC(C)(C)OC(=O)N(CCCCCCN(CCCNC(=O)CCCc1ccccc1O)C(=O)OC(C)(C)C)CCCNC(=O)CCCc1ccccc1O. The van der Waals surface area contributed by atoms with Gasteiger partial charge in [-0.2, -0.15) is 0 Å². The Morgan fingerprint density at radius 3 is 1.24 bits per heavy atom. The number of ether oxygens (including phenoxy) is 2. The summed E-state index contributed by atoms with van der Waals surface area (Å²) in [6.45, 7) is 13.8. The highest BCUT2D eigenvalue weighted by molar-refractivity contribution is 5.76. The highest BCUT2D eigenvalue weighted by atomic mass is 16.6. The molecule has 4 N–H and O–H groups in total. The summed E-state index contributed by atoms with van der Waals surface area (Å²) in [5.41, 5.74) is 0.396. The van der Waals surface area contributed by atoms with E-state index in [1.54, 1.807) is 34.1 Å². The van der Waals surface area contributed by atoms with E-state index in [4.69, 9.17) is 9.47 Å². The third-order valence-corrected chi connectivity index (χ3v) is 8.45. The van der Waals surface area contributed by atoms with Crippen molar-refractivity contribution < 1.29 is 38.9 Å². The molecule has 0 bridgehead atoms. The minimum Gasteiger partial charge on any atom is -0.508 e. The lowest BCUT2D eigenvalue weighted by Gasteiger charge is -2.28. The number of benzene rings is 2. The van der Waals surface area contributed by atoms with Gasteiger partial charge in [-0.3, -0.25) is 9.59 Å². The summed E-state index contributed by atoms with van der Waals surface area (Å²) in [6, 6.07) is 14.3. The van der Waals surface area contributed by atoms with Crippen molar-refractivity contribution in [2.45, 2.75) is 130 Å². The van der Waals surface area contributed by atoms with Gasteiger partial charge in [0.1, 0.15) is 22.7 Å². The van der Waals surface area contributed by atoms with Crippen LogP contribution in [0.2, 0.25) is 0 Å². The van der Waals surface area contributed by atoms with Crippen molar-refractivity contribution in [2.75, 3.05) is 39.3 Å². The van der Waals surface area contributed by atoms with E-state index in [9.17, 15) is 29.4 Å². The van der Waals surface area contributed by atoms with E-state index < -0.39 is 11.2 Å². The molecule has 0 atom stereocenters. The molecule has 0 fully saturated rings. The van der Waals surface area contributed by atoms with E-state index in [-0.39, 0.29) is 35.5 Å². The van der Waals surface area contributed by atoms with Crippen molar-refractivity contribution in [1.82, 2.24) is 20.4 Å². The van der Waals surface area contributed by atoms with Crippen LogP contribution in [-0.4, -0.2) is 94.5 Å². The highest BCUT2D eigenvalue weighted by Gasteiger charge is 2.23. The van der Waals surface area contributed by atoms with Gasteiger partial charge >= 0.3 is 12.2 Å². The van der Waals surface area contributed by atoms with Crippen LogP contribution >= 0.6 is 0 Å². The molecule has 0 saturated carbocycles. The summed E-state index contributed by atoms with van der Waals surface area (Å²) < 4.78 is 11.3. The summed E-state index contributed by atoms with van der Waals surface area (Å²) in [6.07, 6.45) is 6.87. The van der Waals surface area contributed by atoms with E-state index in [2.05, 4.69) is 10.6 Å². The molecule has 0 saturated heterocycles. The Balaban J connectivity index is 1.73. The van der Waals surface area contributed by atoms with E-state index in [1.165, 1.54) is 0 Å². The number of para-hydroxylation sites is 2. The molecule has 54 heavy (non-hydrogen) atoms. The van der Waals surface area contributed by atoms with Gasteiger partial charge in [0.2, 0.25) is 11.8 Å². The number of carbonyl (C=O) groups excluding carboxylic acids is 4.